The second-order valence-electron chi connectivity index (χ2n) is 3.74. The van der Waals surface area contributed by atoms with Crippen molar-refractivity contribution in [2.75, 3.05) is 5.43 Å². The van der Waals surface area contributed by atoms with Crippen LogP contribution < -0.4 is 11.3 Å². The van der Waals surface area contributed by atoms with Crippen molar-refractivity contribution in [1.82, 2.24) is 24.7 Å². The average molecular weight is 265 g/mol. The van der Waals surface area contributed by atoms with Gasteiger partial charge in [0.05, 0.1) is 0 Å². The van der Waals surface area contributed by atoms with Crippen LogP contribution >= 0.6 is 11.8 Å². The lowest BCUT2D eigenvalue weighted by molar-refractivity contribution is 0.783. The molecule has 0 aliphatic carbocycles. The van der Waals surface area contributed by atoms with E-state index in [-0.39, 0.29) is 0 Å². The van der Waals surface area contributed by atoms with Crippen molar-refractivity contribution in [2.45, 2.75) is 30.5 Å². The summed E-state index contributed by atoms with van der Waals surface area (Å²) in [4.78, 5) is 8.81. The summed E-state index contributed by atoms with van der Waals surface area (Å²) in [6.45, 7) is 3.93. The normalized spacial score (nSPS) is 10.7. The molecule has 0 atom stereocenters. The van der Waals surface area contributed by atoms with Crippen molar-refractivity contribution in [3.05, 3.63) is 17.7 Å². The van der Waals surface area contributed by atoms with Crippen LogP contribution in [-0.2, 0) is 13.5 Å². The lowest BCUT2D eigenvalue weighted by Gasteiger charge is -2.10. The summed E-state index contributed by atoms with van der Waals surface area (Å²) < 4.78 is 1.84. The highest BCUT2D eigenvalue weighted by Gasteiger charge is 2.13. The molecule has 0 amide bonds. The van der Waals surface area contributed by atoms with E-state index in [9.17, 15) is 0 Å². The molecule has 7 nitrogen and oxygen atoms in total. The quantitative estimate of drug-likeness (QED) is 0.482. The number of nitrogens with two attached hydrogens (primary N) is 1. The van der Waals surface area contributed by atoms with E-state index < -0.39 is 0 Å². The van der Waals surface area contributed by atoms with Crippen LogP contribution in [0.15, 0.2) is 16.5 Å². The molecule has 18 heavy (non-hydrogen) atoms. The van der Waals surface area contributed by atoms with Gasteiger partial charge < -0.3 is 9.99 Å². The van der Waals surface area contributed by atoms with Crippen molar-refractivity contribution < 1.29 is 0 Å². The Balaban J connectivity index is 2.40. The fraction of sp³-hybridized carbons (Fsp3) is 0.400. The summed E-state index contributed by atoms with van der Waals surface area (Å²) in [5, 5.41) is 9.49. The van der Waals surface area contributed by atoms with Crippen LogP contribution in [0.5, 0.6) is 0 Å². The summed E-state index contributed by atoms with van der Waals surface area (Å²) in [6, 6.07) is 0. The zero-order chi connectivity index (χ0) is 13.1. The Kier molecular flexibility index (Phi) is 3.78. The van der Waals surface area contributed by atoms with Gasteiger partial charge in [-0.15, -0.1) is 10.2 Å². The number of nitrogen functional groups attached to an aromatic ring is 1. The minimum atomic E-state index is 0.645. The van der Waals surface area contributed by atoms with E-state index in [4.69, 9.17) is 5.84 Å². The SMILES string of the molecule is CCc1nc(NN)c(C)c(Sc2nncn2C)n1. The first-order valence-electron chi connectivity index (χ1n) is 5.51. The number of rotatable bonds is 4. The van der Waals surface area contributed by atoms with Crippen molar-refractivity contribution in [3.8, 4) is 0 Å². The third-order valence-electron chi connectivity index (χ3n) is 2.46. The molecule has 0 radical (unpaired) electrons. The van der Waals surface area contributed by atoms with Crippen LogP contribution in [0.4, 0.5) is 5.82 Å². The fourth-order valence-corrected chi connectivity index (χ4v) is 2.24. The average Bonchev–Trinajstić information content (AvgIpc) is 2.77. The molecule has 0 saturated heterocycles. The molecule has 0 bridgehead atoms. The number of hydrogen-bond acceptors (Lipinski definition) is 7. The predicted molar refractivity (Wildman–Crippen MR) is 69.1 cm³/mol. The molecule has 2 aromatic heterocycles. The number of nitrogens with zero attached hydrogens (tertiary/aromatic N) is 5. The van der Waals surface area contributed by atoms with Crippen LogP contribution in [0.3, 0.4) is 0 Å². The van der Waals surface area contributed by atoms with Crippen molar-refractivity contribution in [3.63, 3.8) is 0 Å². The molecular weight excluding hydrogens is 250 g/mol. The molecule has 0 aliphatic heterocycles. The Morgan fingerprint density at radius 1 is 1.44 bits per heavy atom. The van der Waals surface area contributed by atoms with Gasteiger partial charge in [-0.05, 0) is 18.7 Å². The van der Waals surface area contributed by atoms with Crippen LogP contribution in [0.2, 0.25) is 0 Å². The highest BCUT2D eigenvalue weighted by atomic mass is 32.2. The number of aryl methyl sites for hydroxylation is 2. The van der Waals surface area contributed by atoms with Crippen LogP contribution in [0.25, 0.3) is 0 Å². The van der Waals surface area contributed by atoms with E-state index in [2.05, 4.69) is 25.6 Å². The molecule has 96 valence electrons. The number of anilines is 1. The van der Waals surface area contributed by atoms with Crippen molar-refractivity contribution >= 4 is 17.6 Å². The Morgan fingerprint density at radius 3 is 2.78 bits per heavy atom. The number of hydrogen-bond donors (Lipinski definition) is 2. The highest BCUT2D eigenvalue weighted by Crippen LogP contribution is 2.29. The van der Waals surface area contributed by atoms with Gasteiger partial charge in [-0.2, -0.15) is 0 Å². The van der Waals surface area contributed by atoms with E-state index in [0.717, 1.165) is 28.0 Å². The molecular formula is C10H15N7S. The molecule has 2 heterocycles. The Hall–Kier alpha value is -1.67. The lowest BCUT2D eigenvalue weighted by Crippen LogP contribution is -2.13. The molecule has 2 aromatic rings. The van der Waals surface area contributed by atoms with Gasteiger partial charge in [0.2, 0.25) is 0 Å². The summed E-state index contributed by atoms with van der Waals surface area (Å²) in [6.07, 6.45) is 2.41. The third-order valence-corrected chi connectivity index (χ3v) is 3.60. The largest absolute Gasteiger partial charge is 0.311 e. The topological polar surface area (TPSA) is 94.5 Å². The summed E-state index contributed by atoms with van der Waals surface area (Å²) in [7, 11) is 1.89. The maximum absolute atomic E-state index is 5.46. The molecule has 0 aliphatic rings. The smallest absolute Gasteiger partial charge is 0.197 e. The van der Waals surface area contributed by atoms with Gasteiger partial charge in [0.25, 0.3) is 0 Å². The molecule has 0 aromatic carbocycles. The Morgan fingerprint density at radius 2 is 2.22 bits per heavy atom. The number of nitrogens with one attached hydrogen (secondary N) is 1. The first kappa shape index (κ1) is 12.8. The molecule has 0 fully saturated rings. The maximum Gasteiger partial charge on any atom is 0.197 e. The van der Waals surface area contributed by atoms with Crippen molar-refractivity contribution in [2.24, 2.45) is 12.9 Å². The number of hydrazine groups is 1. The van der Waals surface area contributed by atoms with E-state index in [1.165, 1.54) is 11.8 Å². The second-order valence-corrected chi connectivity index (χ2v) is 4.70. The number of aromatic nitrogens is 5. The zero-order valence-electron chi connectivity index (χ0n) is 10.5. The monoisotopic (exact) mass is 265 g/mol. The van der Waals surface area contributed by atoms with E-state index in [1.54, 1.807) is 6.33 Å². The highest BCUT2D eigenvalue weighted by molar-refractivity contribution is 7.99. The maximum atomic E-state index is 5.46. The van der Waals surface area contributed by atoms with Gasteiger partial charge in [0, 0.05) is 19.0 Å². The fourth-order valence-electron chi connectivity index (χ4n) is 1.39. The van der Waals surface area contributed by atoms with Gasteiger partial charge in [-0.1, -0.05) is 6.92 Å². The predicted octanol–water partition coefficient (Wildman–Crippen LogP) is 0.913. The van der Waals surface area contributed by atoms with Crippen LogP contribution in [-0.4, -0.2) is 24.7 Å². The van der Waals surface area contributed by atoms with Gasteiger partial charge in [0.1, 0.15) is 23.0 Å². The third kappa shape index (κ3) is 2.44. The first-order valence-corrected chi connectivity index (χ1v) is 6.33. The molecule has 2 rings (SSSR count). The summed E-state index contributed by atoms with van der Waals surface area (Å²) >= 11 is 1.45. The minimum Gasteiger partial charge on any atom is -0.311 e. The first-order chi connectivity index (χ1) is 8.65. The molecule has 0 spiro atoms. The van der Waals surface area contributed by atoms with Crippen molar-refractivity contribution in [1.29, 1.82) is 0 Å². The minimum absolute atomic E-state index is 0.645. The van der Waals surface area contributed by atoms with Crippen LogP contribution in [0, 0.1) is 6.92 Å². The van der Waals surface area contributed by atoms with E-state index in [0.29, 0.717) is 5.82 Å². The Bertz CT molecular complexity index is 551. The summed E-state index contributed by atoms with van der Waals surface area (Å²) in [5.74, 6) is 6.86. The lowest BCUT2D eigenvalue weighted by atomic mass is 10.3. The van der Waals surface area contributed by atoms with Gasteiger partial charge in [0.15, 0.2) is 5.16 Å². The zero-order valence-corrected chi connectivity index (χ0v) is 11.3. The Labute approximate surface area is 109 Å². The standard InChI is InChI=1S/C10H15N7S/c1-4-7-13-8(15-11)6(2)9(14-7)18-10-16-12-5-17(10)3/h5H,4,11H2,1-3H3,(H,13,14,15). The van der Waals surface area contributed by atoms with Gasteiger partial charge in [-0.3, -0.25) is 0 Å². The van der Waals surface area contributed by atoms with Gasteiger partial charge >= 0.3 is 0 Å². The molecule has 0 unspecified atom stereocenters. The van der Waals surface area contributed by atoms with E-state index >= 15 is 0 Å². The van der Waals surface area contributed by atoms with E-state index in [1.807, 2.05) is 25.5 Å². The summed E-state index contributed by atoms with van der Waals surface area (Å²) in [5.41, 5.74) is 3.50. The second kappa shape index (κ2) is 5.32. The molecule has 8 heteroatoms. The van der Waals surface area contributed by atoms with Gasteiger partial charge in [-0.25, -0.2) is 15.8 Å². The van der Waals surface area contributed by atoms with Crippen LogP contribution in [0.1, 0.15) is 18.3 Å². The molecule has 0 saturated carbocycles. The molecule has 3 N–H and O–H groups in total.